The predicted octanol–water partition coefficient (Wildman–Crippen LogP) is 1.25. The van der Waals surface area contributed by atoms with Crippen LogP contribution < -0.4 is 5.11 Å². The number of benzene rings is 2. The molecule has 2 atom stereocenters. The molecule has 0 saturated carbocycles. The fourth-order valence-corrected chi connectivity index (χ4v) is 3.10. The number of carbonyl (C=O) groups is 1. The molecule has 8 nitrogen and oxygen atoms in total. The second-order valence-corrected chi connectivity index (χ2v) is 6.93. The smallest absolute Gasteiger partial charge is 0.205 e. The normalized spacial score (nSPS) is 13.1. The zero-order chi connectivity index (χ0) is 23.1. The number of hydrogen-bond acceptors (Lipinski definition) is 7. The Labute approximate surface area is 181 Å². The van der Waals surface area contributed by atoms with Crippen LogP contribution in [0.15, 0.2) is 60.7 Å². The van der Waals surface area contributed by atoms with Crippen LogP contribution in [0.4, 0.5) is 8.78 Å². The number of aromatic amines is 1. The summed E-state index contributed by atoms with van der Waals surface area (Å²) in [4.78, 5) is 10.6. The van der Waals surface area contributed by atoms with Gasteiger partial charge in [0.05, 0.1) is 12.2 Å². The Morgan fingerprint density at radius 3 is 2.06 bits per heavy atom. The van der Waals surface area contributed by atoms with E-state index in [4.69, 9.17) is 0 Å². The van der Waals surface area contributed by atoms with Gasteiger partial charge in [0.1, 0.15) is 11.6 Å². The Hall–Kier alpha value is -3.76. The molecule has 32 heavy (non-hydrogen) atoms. The third-order valence-corrected chi connectivity index (χ3v) is 4.52. The van der Waals surface area contributed by atoms with Crippen LogP contribution in [0.3, 0.4) is 0 Å². The highest BCUT2D eigenvalue weighted by atomic mass is 19.1. The lowest BCUT2D eigenvalue weighted by Crippen LogP contribution is -2.29. The van der Waals surface area contributed by atoms with Gasteiger partial charge in [-0.3, -0.25) is 0 Å². The van der Waals surface area contributed by atoms with Gasteiger partial charge in [-0.15, -0.1) is 10.2 Å². The monoisotopic (exact) mass is 441 g/mol. The van der Waals surface area contributed by atoms with E-state index in [9.17, 15) is 28.9 Å². The first kappa shape index (κ1) is 22.9. The number of carboxylic acids is 1. The topological polar surface area (TPSA) is 135 Å². The van der Waals surface area contributed by atoms with Crippen LogP contribution in [0.25, 0.3) is 11.1 Å². The number of aliphatic carboxylic acids is 1. The van der Waals surface area contributed by atoms with Gasteiger partial charge in [-0.2, -0.15) is 5.21 Å². The Balaban J connectivity index is 2.08. The highest BCUT2D eigenvalue weighted by Gasteiger charge is 2.17. The molecule has 0 aliphatic rings. The van der Waals surface area contributed by atoms with Crippen molar-refractivity contribution < 1.29 is 28.9 Å². The number of aliphatic hydroxyl groups excluding tert-OH is 2. The van der Waals surface area contributed by atoms with Gasteiger partial charge >= 0.3 is 0 Å². The Bertz CT molecular complexity index is 1050. The van der Waals surface area contributed by atoms with E-state index in [2.05, 4.69) is 20.6 Å². The standard InChI is InChI=1S/C22H20F2N4O4/c23-15-5-1-13(2-6-15)21(14-3-7-16(24)8-4-14)19(22-25-27-28-26-22)10-9-17(29)11-18(30)12-20(31)32/h1-10,17-18,29-30H,11-12H2,(H,31,32)(H,25,26,27,28)/p-1/b10-9+/t17-,18-/m1/s1. The number of allylic oxidation sites excluding steroid dienone is 2. The summed E-state index contributed by atoms with van der Waals surface area (Å²) in [5, 5.41) is 44.4. The van der Waals surface area contributed by atoms with Gasteiger partial charge in [-0.25, -0.2) is 8.78 Å². The van der Waals surface area contributed by atoms with Crippen LogP contribution >= 0.6 is 0 Å². The molecule has 1 heterocycles. The minimum atomic E-state index is -1.43. The molecule has 0 aliphatic carbocycles. The summed E-state index contributed by atoms with van der Waals surface area (Å²) in [5.41, 5.74) is 2.00. The second kappa shape index (κ2) is 10.5. The molecule has 0 saturated heterocycles. The van der Waals surface area contributed by atoms with Crippen LogP contribution in [0.5, 0.6) is 0 Å². The van der Waals surface area contributed by atoms with Crippen molar-refractivity contribution in [3.63, 3.8) is 0 Å². The number of halogens is 2. The maximum Gasteiger partial charge on any atom is 0.205 e. The molecular weight excluding hydrogens is 422 g/mol. The highest BCUT2D eigenvalue weighted by Crippen LogP contribution is 2.32. The summed E-state index contributed by atoms with van der Waals surface area (Å²) in [7, 11) is 0. The van der Waals surface area contributed by atoms with E-state index in [1.165, 1.54) is 60.7 Å². The van der Waals surface area contributed by atoms with Gasteiger partial charge in [-0.05, 0) is 40.6 Å². The summed E-state index contributed by atoms with van der Waals surface area (Å²) in [6, 6.07) is 11.2. The zero-order valence-electron chi connectivity index (χ0n) is 16.7. The molecule has 166 valence electrons. The summed E-state index contributed by atoms with van der Waals surface area (Å²) in [5.74, 6) is -2.18. The number of aromatic nitrogens is 4. The van der Waals surface area contributed by atoms with E-state index in [1.54, 1.807) is 0 Å². The minimum Gasteiger partial charge on any atom is -0.550 e. The van der Waals surface area contributed by atoms with Gasteiger partial charge in [0, 0.05) is 30.0 Å². The van der Waals surface area contributed by atoms with E-state index < -0.39 is 36.2 Å². The molecule has 1 aromatic heterocycles. The highest BCUT2D eigenvalue weighted by molar-refractivity contribution is 6.00. The number of nitrogens with zero attached hydrogens (tertiary/aromatic N) is 3. The molecule has 3 N–H and O–H groups in total. The molecule has 2 aromatic carbocycles. The maximum atomic E-state index is 13.5. The van der Waals surface area contributed by atoms with Crippen molar-refractivity contribution in [2.24, 2.45) is 0 Å². The Morgan fingerprint density at radius 2 is 1.59 bits per heavy atom. The summed E-state index contributed by atoms with van der Waals surface area (Å²) >= 11 is 0. The number of tetrazole rings is 1. The first-order valence-electron chi connectivity index (χ1n) is 9.57. The number of nitrogens with one attached hydrogen (secondary N) is 1. The third kappa shape index (κ3) is 6.13. The maximum absolute atomic E-state index is 13.5. The molecule has 0 amide bonds. The van der Waals surface area contributed by atoms with Gasteiger partial charge in [0.2, 0.25) is 5.82 Å². The molecule has 3 aromatic rings. The zero-order valence-corrected chi connectivity index (χ0v) is 16.7. The van der Waals surface area contributed by atoms with E-state index >= 15 is 0 Å². The van der Waals surface area contributed by atoms with Crippen LogP contribution in [-0.4, -0.2) is 49.0 Å². The third-order valence-electron chi connectivity index (χ3n) is 4.52. The van der Waals surface area contributed by atoms with Gasteiger partial charge in [0.15, 0.2) is 0 Å². The van der Waals surface area contributed by atoms with Gasteiger partial charge < -0.3 is 20.1 Å². The number of H-pyrrole nitrogens is 1. The van der Waals surface area contributed by atoms with Crippen molar-refractivity contribution >= 4 is 17.1 Å². The Morgan fingerprint density at radius 1 is 1.03 bits per heavy atom. The van der Waals surface area contributed by atoms with E-state index in [0.29, 0.717) is 22.3 Å². The fourth-order valence-electron chi connectivity index (χ4n) is 3.10. The Kier molecular flexibility index (Phi) is 7.53. The molecule has 0 bridgehead atoms. The van der Waals surface area contributed by atoms with Crippen molar-refractivity contribution in [1.29, 1.82) is 0 Å². The molecule has 10 heteroatoms. The van der Waals surface area contributed by atoms with Crippen LogP contribution in [0.2, 0.25) is 0 Å². The lowest BCUT2D eigenvalue weighted by Gasteiger charge is -2.15. The number of rotatable bonds is 9. The molecule has 0 unspecified atom stereocenters. The van der Waals surface area contributed by atoms with Crippen molar-refractivity contribution in [3.8, 4) is 0 Å². The summed E-state index contributed by atoms with van der Waals surface area (Å²) in [6.07, 6.45) is -0.554. The number of carboxylic acid groups (broad SMARTS) is 1. The van der Waals surface area contributed by atoms with Gasteiger partial charge in [-0.1, -0.05) is 36.4 Å². The van der Waals surface area contributed by atoms with E-state index in [-0.39, 0.29) is 12.2 Å². The first-order valence-corrected chi connectivity index (χ1v) is 9.57. The van der Waals surface area contributed by atoms with Crippen molar-refractivity contribution in [1.82, 2.24) is 20.6 Å². The lowest BCUT2D eigenvalue weighted by molar-refractivity contribution is -0.307. The average Bonchev–Trinajstić information content (AvgIpc) is 3.27. The van der Waals surface area contributed by atoms with Crippen molar-refractivity contribution in [2.75, 3.05) is 0 Å². The quantitative estimate of drug-likeness (QED) is 0.425. The molecular formula is C22H19F2N4O4-. The van der Waals surface area contributed by atoms with Gasteiger partial charge in [0.25, 0.3) is 0 Å². The average molecular weight is 441 g/mol. The number of carbonyl (C=O) groups excluding carboxylic acids is 1. The van der Waals surface area contributed by atoms with Crippen LogP contribution in [0, 0.1) is 11.6 Å². The van der Waals surface area contributed by atoms with Crippen molar-refractivity contribution in [3.05, 3.63) is 89.3 Å². The van der Waals surface area contributed by atoms with Crippen molar-refractivity contribution in [2.45, 2.75) is 25.0 Å². The van der Waals surface area contributed by atoms with Crippen LogP contribution in [0.1, 0.15) is 29.8 Å². The van der Waals surface area contributed by atoms with Crippen LogP contribution in [-0.2, 0) is 4.79 Å². The lowest BCUT2D eigenvalue weighted by atomic mass is 9.92. The molecule has 0 spiro atoms. The molecule has 0 aliphatic heterocycles. The SMILES string of the molecule is O=C([O-])C[C@H](O)C[C@H](O)/C=C/C(=C(c1ccc(F)cc1)c1ccc(F)cc1)c1nn[nH]n1. The predicted molar refractivity (Wildman–Crippen MR) is 108 cm³/mol. The summed E-state index contributed by atoms with van der Waals surface area (Å²) in [6.45, 7) is 0. The van der Waals surface area contributed by atoms with E-state index in [1.807, 2.05) is 0 Å². The largest absolute Gasteiger partial charge is 0.550 e. The first-order chi connectivity index (χ1) is 15.3. The second-order valence-electron chi connectivity index (χ2n) is 6.93. The molecule has 3 rings (SSSR count). The number of aliphatic hydroxyl groups is 2. The molecule has 0 fully saturated rings. The fraction of sp³-hybridized carbons (Fsp3) is 0.182. The van der Waals surface area contributed by atoms with E-state index in [0.717, 1.165) is 0 Å². The number of hydrogen-bond donors (Lipinski definition) is 3. The molecule has 0 radical (unpaired) electrons. The minimum absolute atomic E-state index is 0.146. The summed E-state index contributed by atoms with van der Waals surface area (Å²) < 4.78 is 27.0.